The predicted molar refractivity (Wildman–Crippen MR) is 106 cm³/mol. The third-order valence-corrected chi connectivity index (χ3v) is 4.97. The molecule has 0 amide bonds. The molecule has 4 N–H and O–H groups in total. The molecule has 0 aliphatic heterocycles. The van der Waals surface area contributed by atoms with Gasteiger partial charge in [0.15, 0.2) is 11.2 Å². The molecule has 0 spiro atoms. The molecule has 9 heteroatoms. The summed E-state index contributed by atoms with van der Waals surface area (Å²) < 4.78 is 4.29. The van der Waals surface area contributed by atoms with E-state index in [1.165, 1.54) is 9.13 Å². The zero-order valence-electron chi connectivity index (χ0n) is 15.5. The van der Waals surface area contributed by atoms with Crippen molar-refractivity contribution in [2.45, 2.75) is 19.4 Å². The summed E-state index contributed by atoms with van der Waals surface area (Å²) in [4.78, 5) is 30.2. The van der Waals surface area contributed by atoms with Crippen molar-refractivity contribution in [1.82, 2.24) is 18.7 Å². The first-order valence-corrected chi connectivity index (χ1v) is 9.26. The molecule has 0 saturated heterocycles. The molecule has 3 aromatic rings. The van der Waals surface area contributed by atoms with Crippen molar-refractivity contribution < 1.29 is 5.73 Å². The Labute approximate surface area is 161 Å². The van der Waals surface area contributed by atoms with Crippen LogP contribution in [0.4, 0.5) is 5.95 Å². The normalized spacial score (nSPS) is 11.3. The smallest absolute Gasteiger partial charge is 0.332 e. The Bertz CT molecular complexity index is 1080. The molecule has 144 valence electrons. The number of hydrogen-bond acceptors (Lipinski definition) is 4. The summed E-state index contributed by atoms with van der Waals surface area (Å²) >= 11 is 6.20. The van der Waals surface area contributed by atoms with E-state index in [2.05, 4.69) is 16.0 Å². The van der Waals surface area contributed by atoms with E-state index in [1.807, 2.05) is 12.1 Å². The van der Waals surface area contributed by atoms with Crippen LogP contribution < -0.4 is 22.3 Å². The van der Waals surface area contributed by atoms with E-state index >= 15 is 0 Å². The van der Waals surface area contributed by atoms with Crippen LogP contribution in [0.5, 0.6) is 0 Å². The van der Waals surface area contributed by atoms with Gasteiger partial charge in [0.1, 0.15) is 0 Å². The average molecular weight is 392 g/mol. The van der Waals surface area contributed by atoms with Gasteiger partial charge in [0.25, 0.3) is 5.56 Å². The number of imidazole rings is 1. The fourth-order valence-electron chi connectivity index (χ4n) is 3.04. The lowest BCUT2D eigenvalue weighted by atomic mass is 10.2. The molecule has 0 bridgehead atoms. The van der Waals surface area contributed by atoms with Crippen LogP contribution in [0.2, 0.25) is 5.02 Å². The van der Waals surface area contributed by atoms with E-state index in [9.17, 15) is 9.59 Å². The Balaban J connectivity index is 2.07. The third-order valence-electron chi connectivity index (χ3n) is 4.61. The van der Waals surface area contributed by atoms with E-state index < -0.39 is 5.69 Å². The van der Waals surface area contributed by atoms with E-state index in [-0.39, 0.29) is 12.1 Å². The highest BCUT2D eigenvalue weighted by atomic mass is 35.5. The fourth-order valence-corrected chi connectivity index (χ4v) is 3.24. The van der Waals surface area contributed by atoms with Gasteiger partial charge in [-0.25, -0.2) is 4.79 Å². The minimum Gasteiger partial charge on any atom is -0.358 e. The molecule has 27 heavy (non-hydrogen) atoms. The van der Waals surface area contributed by atoms with Crippen LogP contribution in [0.1, 0.15) is 18.4 Å². The van der Waals surface area contributed by atoms with Crippen molar-refractivity contribution in [2.75, 3.05) is 18.4 Å². The van der Waals surface area contributed by atoms with Gasteiger partial charge < -0.3 is 15.6 Å². The van der Waals surface area contributed by atoms with Crippen LogP contribution in [0.3, 0.4) is 0 Å². The molecule has 1 aromatic carbocycles. The summed E-state index contributed by atoms with van der Waals surface area (Å²) in [5.74, 6) is 0.566. The summed E-state index contributed by atoms with van der Waals surface area (Å²) in [6.07, 6.45) is 1.97. The first-order valence-electron chi connectivity index (χ1n) is 8.88. The van der Waals surface area contributed by atoms with Gasteiger partial charge in [-0.05, 0) is 24.5 Å². The average Bonchev–Trinajstić information content (AvgIpc) is 2.99. The molecule has 8 nitrogen and oxygen atoms in total. The number of nitrogens with zero attached hydrogens (tertiary/aromatic N) is 4. The lowest BCUT2D eigenvalue weighted by Gasteiger charge is -2.10. The number of aromatic nitrogens is 4. The molecule has 3 rings (SSSR count). The second-order valence-corrected chi connectivity index (χ2v) is 6.89. The zero-order chi connectivity index (χ0) is 19.6. The van der Waals surface area contributed by atoms with Gasteiger partial charge in [-0.2, -0.15) is 4.98 Å². The van der Waals surface area contributed by atoms with Gasteiger partial charge in [-0.3, -0.25) is 13.9 Å². The molecule has 2 heterocycles. The van der Waals surface area contributed by atoms with Crippen LogP contribution in [0.15, 0.2) is 33.9 Å². The van der Waals surface area contributed by atoms with Crippen LogP contribution in [0, 0.1) is 0 Å². The molecular weight excluding hydrogens is 368 g/mol. The first kappa shape index (κ1) is 19.2. The van der Waals surface area contributed by atoms with Crippen molar-refractivity contribution in [3.8, 4) is 0 Å². The monoisotopic (exact) mass is 391 g/mol. The highest BCUT2D eigenvalue weighted by Gasteiger charge is 2.18. The highest BCUT2D eigenvalue weighted by Crippen LogP contribution is 2.16. The summed E-state index contributed by atoms with van der Waals surface area (Å²) in [6, 6.07) is 7.18. The summed E-state index contributed by atoms with van der Waals surface area (Å²) in [7, 11) is 3.39. The molecule has 0 aliphatic rings. The Kier molecular flexibility index (Phi) is 5.67. The second-order valence-electron chi connectivity index (χ2n) is 6.48. The maximum absolute atomic E-state index is 13.0. The number of aryl methyl sites for hydroxylation is 2. The molecule has 0 aliphatic carbocycles. The quantitative estimate of drug-likeness (QED) is 0.575. The van der Waals surface area contributed by atoms with Crippen molar-refractivity contribution in [3.05, 3.63) is 55.7 Å². The van der Waals surface area contributed by atoms with Crippen molar-refractivity contribution in [2.24, 2.45) is 14.1 Å². The molecule has 0 unspecified atom stereocenters. The number of benzene rings is 1. The van der Waals surface area contributed by atoms with Gasteiger partial charge in [0.05, 0.1) is 13.1 Å². The van der Waals surface area contributed by atoms with Gasteiger partial charge in [0, 0.05) is 25.7 Å². The standard InChI is InChI=1S/C18H23ClN6O2/c1-23-14-15(22-17(23)21-10-6-5-9-20)24(2)18(27)25(16(14)26)11-12-7-3-4-8-13(12)19/h3-4,7-8H,5-6,9-11,20H2,1-2H3,(H,21,22)/p+1. The maximum Gasteiger partial charge on any atom is 0.332 e. The number of quaternary nitrogens is 1. The van der Waals surface area contributed by atoms with Crippen LogP contribution in [0.25, 0.3) is 11.2 Å². The lowest BCUT2D eigenvalue weighted by Crippen LogP contribution is -2.50. The number of hydrogen-bond donors (Lipinski definition) is 2. The maximum atomic E-state index is 13.0. The van der Waals surface area contributed by atoms with Gasteiger partial charge >= 0.3 is 5.69 Å². The molecule has 2 aromatic heterocycles. The molecule has 0 atom stereocenters. The lowest BCUT2D eigenvalue weighted by molar-refractivity contribution is -0.368. The third kappa shape index (κ3) is 3.63. The second kappa shape index (κ2) is 7.98. The van der Waals surface area contributed by atoms with Crippen LogP contribution in [-0.2, 0) is 20.6 Å². The Hall–Kier alpha value is -2.58. The van der Waals surface area contributed by atoms with E-state index in [4.69, 9.17) is 11.6 Å². The number of halogens is 1. The van der Waals surface area contributed by atoms with Gasteiger partial charge in [-0.15, -0.1) is 0 Å². The summed E-state index contributed by atoms with van der Waals surface area (Å²) in [5, 5.41) is 3.75. The predicted octanol–water partition coefficient (Wildman–Crippen LogP) is 0.569. The molecular formula is C18H24ClN6O2+. The van der Waals surface area contributed by atoms with Crippen LogP contribution >= 0.6 is 11.6 Å². The van der Waals surface area contributed by atoms with E-state index in [0.717, 1.165) is 25.9 Å². The Morgan fingerprint density at radius 1 is 1.15 bits per heavy atom. The zero-order valence-corrected chi connectivity index (χ0v) is 16.3. The summed E-state index contributed by atoms with van der Waals surface area (Å²) in [5.41, 5.74) is 4.48. The van der Waals surface area contributed by atoms with Gasteiger partial charge in [0.2, 0.25) is 5.95 Å². The number of rotatable bonds is 7. The minimum absolute atomic E-state index is 0.110. The first-order chi connectivity index (χ1) is 13.0. The summed E-state index contributed by atoms with van der Waals surface area (Å²) in [6.45, 7) is 1.72. The SMILES string of the molecule is Cn1c(NCCCC[NH3+])nc2c1c(=O)n(Cc1ccccc1Cl)c(=O)n2C. The largest absolute Gasteiger partial charge is 0.358 e. The molecule has 0 radical (unpaired) electrons. The fraction of sp³-hybridized carbons (Fsp3) is 0.389. The van der Waals surface area contributed by atoms with Crippen LogP contribution in [-0.4, -0.2) is 31.8 Å². The van der Waals surface area contributed by atoms with Gasteiger partial charge in [-0.1, -0.05) is 29.8 Å². The topological polar surface area (TPSA) is 101 Å². The van der Waals surface area contributed by atoms with E-state index in [0.29, 0.717) is 27.7 Å². The number of fused-ring (bicyclic) bond motifs is 1. The van der Waals surface area contributed by atoms with Crippen molar-refractivity contribution in [3.63, 3.8) is 0 Å². The number of anilines is 1. The minimum atomic E-state index is -0.422. The molecule has 0 saturated carbocycles. The number of unbranched alkanes of at least 4 members (excludes halogenated alkanes) is 1. The highest BCUT2D eigenvalue weighted by molar-refractivity contribution is 6.31. The number of nitrogens with one attached hydrogen (secondary N) is 1. The Morgan fingerprint density at radius 2 is 1.89 bits per heavy atom. The van der Waals surface area contributed by atoms with Crippen molar-refractivity contribution >= 4 is 28.7 Å². The van der Waals surface area contributed by atoms with E-state index in [1.54, 1.807) is 30.8 Å². The van der Waals surface area contributed by atoms with Crippen molar-refractivity contribution in [1.29, 1.82) is 0 Å². The Morgan fingerprint density at radius 3 is 2.59 bits per heavy atom. The molecule has 0 fully saturated rings.